The Labute approximate surface area is 230 Å². The molecule has 3 heterocycles. The Balaban J connectivity index is 1.73. The van der Waals surface area contributed by atoms with Gasteiger partial charge in [-0.15, -0.1) is 11.8 Å². The van der Waals surface area contributed by atoms with Crippen molar-refractivity contribution in [1.29, 1.82) is 0 Å². The van der Waals surface area contributed by atoms with E-state index in [0.29, 0.717) is 42.8 Å². The van der Waals surface area contributed by atoms with Gasteiger partial charge in [0.05, 0.1) is 35.6 Å². The Morgan fingerprint density at radius 2 is 1.87 bits per heavy atom. The monoisotopic (exact) mass is 556 g/mol. The molecular weight excluding hydrogens is 527 g/mol. The summed E-state index contributed by atoms with van der Waals surface area (Å²) in [6.07, 6.45) is 0. The van der Waals surface area contributed by atoms with Gasteiger partial charge in [-0.2, -0.15) is 5.10 Å². The van der Waals surface area contributed by atoms with Crippen LogP contribution in [0.3, 0.4) is 0 Å². The Hall–Kier alpha value is -2.88. The van der Waals surface area contributed by atoms with Crippen LogP contribution in [0.1, 0.15) is 42.8 Å². The van der Waals surface area contributed by atoms with E-state index in [1.807, 2.05) is 24.3 Å². The van der Waals surface area contributed by atoms with Gasteiger partial charge in [-0.25, -0.2) is 9.07 Å². The number of hydrogen-bond donors (Lipinski definition) is 0. The van der Waals surface area contributed by atoms with Crippen LogP contribution in [0.25, 0.3) is 5.69 Å². The van der Waals surface area contributed by atoms with Crippen LogP contribution in [0.15, 0.2) is 48.5 Å². The summed E-state index contributed by atoms with van der Waals surface area (Å²) in [6.45, 7) is 8.00. The van der Waals surface area contributed by atoms with E-state index in [1.165, 1.54) is 23.9 Å². The lowest BCUT2D eigenvalue weighted by atomic mass is 9.87. The average molecular weight is 557 g/mol. The molecule has 0 N–H and O–H groups in total. The molecule has 1 saturated heterocycles. The van der Waals surface area contributed by atoms with Gasteiger partial charge in [-0.1, -0.05) is 44.5 Å². The van der Waals surface area contributed by atoms with Crippen molar-refractivity contribution in [3.8, 4) is 5.69 Å². The van der Waals surface area contributed by atoms with E-state index in [2.05, 4.69) is 20.8 Å². The Kier molecular flexibility index (Phi) is 7.53. The van der Waals surface area contributed by atoms with Gasteiger partial charge in [0.2, 0.25) is 11.8 Å². The molecule has 7 nitrogen and oxygen atoms in total. The summed E-state index contributed by atoms with van der Waals surface area (Å²) in [4.78, 5) is 30.4. The number of amides is 2. The highest BCUT2D eigenvalue weighted by molar-refractivity contribution is 8.00. The number of fused-ring (bicyclic) bond motifs is 1. The molecule has 38 heavy (non-hydrogen) atoms. The van der Waals surface area contributed by atoms with Gasteiger partial charge < -0.3 is 9.64 Å². The van der Waals surface area contributed by atoms with Crippen LogP contribution in [0.5, 0.6) is 0 Å². The maximum absolute atomic E-state index is 13.9. The molecule has 1 fully saturated rings. The second-order valence-corrected chi connectivity index (χ2v) is 12.0. The van der Waals surface area contributed by atoms with Crippen molar-refractivity contribution in [1.82, 2.24) is 14.7 Å². The van der Waals surface area contributed by atoms with Crippen molar-refractivity contribution >= 4 is 41.0 Å². The number of thioether (sulfide) groups is 1. The first-order valence-corrected chi connectivity index (χ1v) is 14.0. The van der Waals surface area contributed by atoms with E-state index in [4.69, 9.17) is 21.4 Å². The van der Waals surface area contributed by atoms with Crippen molar-refractivity contribution < 1.29 is 18.7 Å². The van der Waals surface area contributed by atoms with Gasteiger partial charge in [0.1, 0.15) is 18.2 Å². The summed E-state index contributed by atoms with van der Waals surface area (Å²) in [6, 6.07) is 13.6. The van der Waals surface area contributed by atoms with E-state index in [0.717, 1.165) is 16.8 Å². The summed E-state index contributed by atoms with van der Waals surface area (Å²) >= 11 is 7.88. The highest BCUT2D eigenvalue weighted by Crippen LogP contribution is 2.48. The molecule has 2 amide bonds. The van der Waals surface area contributed by atoms with Crippen molar-refractivity contribution in [3.05, 3.63) is 76.2 Å². The molecule has 0 saturated carbocycles. The van der Waals surface area contributed by atoms with Gasteiger partial charge >= 0.3 is 0 Å². The molecular formula is C28H30ClFN4O3S. The summed E-state index contributed by atoms with van der Waals surface area (Å²) in [5.41, 5.74) is 2.82. The fourth-order valence-corrected chi connectivity index (χ4v) is 6.20. The van der Waals surface area contributed by atoms with Crippen LogP contribution in [0.2, 0.25) is 5.02 Å². The molecule has 1 aromatic heterocycles. The van der Waals surface area contributed by atoms with Crippen molar-refractivity contribution in [3.63, 3.8) is 0 Å². The van der Waals surface area contributed by atoms with Gasteiger partial charge in [0.15, 0.2) is 0 Å². The zero-order valence-corrected chi connectivity index (χ0v) is 23.2. The van der Waals surface area contributed by atoms with Crippen LogP contribution >= 0.6 is 23.4 Å². The molecule has 2 aliphatic heterocycles. The smallest absolute Gasteiger partial charge is 0.242 e. The maximum Gasteiger partial charge on any atom is 0.242 e. The summed E-state index contributed by atoms with van der Waals surface area (Å²) < 4.78 is 21.0. The summed E-state index contributed by atoms with van der Waals surface area (Å²) in [5, 5.41) is 5.37. The highest BCUT2D eigenvalue weighted by atomic mass is 35.5. The van der Waals surface area contributed by atoms with Gasteiger partial charge in [-0.3, -0.25) is 14.5 Å². The van der Waals surface area contributed by atoms with Gasteiger partial charge in [0.25, 0.3) is 0 Å². The van der Waals surface area contributed by atoms with Crippen LogP contribution in [-0.2, 0) is 19.7 Å². The molecule has 1 atom stereocenters. The number of anilines is 1. The van der Waals surface area contributed by atoms with Crippen molar-refractivity contribution in [2.24, 2.45) is 0 Å². The molecule has 2 aromatic carbocycles. The third-order valence-electron chi connectivity index (χ3n) is 6.68. The fraction of sp³-hybridized carbons (Fsp3) is 0.393. The number of hydrogen-bond acceptors (Lipinski definition) is 5. The SMILES string of the molecule is CC(C)(C)c1nn(-c2ccc(F)cc2)c2c1[C@H](c1cccc(Cl)c1)SCC(=O)N2CC(=O)N1CCOCC1. The summed E-state index contributed by atoms with van der Waals surface area (Å²) in [7, 11) is 0. The quantitative estimate of drug-likeness (QED) is 0.453. The van der Waals surface area contributed by atoms with Crippen molar-refractivity contribution in [2.45, 2.75) is 31.4 Å². The number of carbonyl (C=O) groups is 2. The first-order valence-electron chi connectivity index (χ1n) is 12.6. The van der Waals surface area contributed by atoms with Gasteiger partial charge in [0, 0.05) is 29.1 Å². The topological polar surface area (TPSA) is 67.7 Å². The third-order valence-corrected chi connectivity index (χ3v) is 8.17. The van der Waals surface area contributed by atoms with Crippen LogP contribution in [0.4, 0.5) is 10.2 Å². The van der Waals surface area contributed by atoms with E-state index in [1.54, 1.807) is 26.6 Å². The molecule has 0 spiro atoms. The zero-order valence-electron chi connectivity index (χ0n) is 21.6. The molecule has 0 aliphatic carbocycles. The molecule has 0 radical (unpaired) electrons. The second-order valence-electron chi connectivity index (χ2n) is 10.4. The number of carbonyl (C=O) groups excluding carboxylic acids is 2. The minimum absolute atomic E-state index is 0.120. The second kappa shape index (κ2) is 10.7. The third kappa shape index (κ3) is 5.32. The minimum atomic E-state index is -0.389. The molecule has 0 unspecified atom stereocenters. The molecule has 200 valence electrons. The standard InChI is InChI=1S/C28H30ClFN4O3S/c1-28(2,3)26-24-25(18-5-4-6-19(29)15-18)38-17-23(36)33(16-22(35)32-11-13-37-14-12-32)27(24)34(31-26)21-9-7-20(30)8-10-21/h4-10,15,25H,11-14,16-17H2,1-3H3/t25-/m0/s1. The number of ether oxygens (including phenoxy) is 1. The predicted molar refractivity (Wildman–Crippen MR) is 148 cm³/mol. The highest BCUT2D eigenvalue weighted by Gasteiger charge is 2.40. The van der Waals surface area contributed by atoms with Crippen molar-refractivity contribution in [2.75, 3.05) is 43.5 Å². The van der Waals surface area contributed by atoms with Crippen LogP contribution in [0, 0.1) is 5.82 Å². The Morgan fingerprint density at radius 3 is 2.53 bits per heavy atom. The lowest BCUT2D eigenvalue weighted by Gasteiger charge is -2.30. The van der Waals surface area contributed by atoms with E-state index in [9.17, 15) is 14.0 Å². The fourth-order valence-electron chi connectivity index (χ4n) is 4.82. The minimum Gasteiger partial charge on any atom is -0.378 e. The zero-order chi connectivity index (χ0) is 27.0. The first-order chi connectivity index (χ1) is 18.1. The van der Waals surface area contributed by atoms with Crippen LogP contribution < -0.4 is 4.90 Å². The largest absolute Gasteiger partial charge is 0.378 e. The lowest BCUT2D eigenvalue weighted by Crippen LogP contribution is -2.48. The van der Waals surface area contributed by atoms with E-state index in [-0.39, 0.29) is 40.6 Å². The van der Waals surface area contributed by atoms with Gasteiger partial charge in [-0.05, 0) is 42.0 Å². The molecule has 10 heteroatoms. The Bertz CT molecular complexity index is 1350. The van der Waals surface area contributed by atoms with E-state index < -0.39 is 0 Å². The number of nitrogens with zero attached hydrogens (tertiary/aromatic N) is 4. The normalized spacial score (nSPS) is 18.3. The molecule has 5 rings (SSSR count). The number of benzene rings is 2. The number of aromatic nitrogens is 2. The molecule has 3 aromatic rings. The number of halogens is 2. The maximum atomic E-state index is 13.9. The summed E-state index contributed by atoms with van der Waals surface area (Å²) in [5.74, 6) is -0.00191. The van der Waals surface area contributed by atoms with E-state index >= 15 is 0 Å². The predicted octanol–water partition coefficient (Wildman–Crippen LogP) is 4.99. The average Bonchev–Trinajstić information content (AvgIpc) is 3.22. The number of morpholine rings is 1. The van der Waals surface area contributed by atoms with Crippen LogP contribution in [-0.4, -0.2) is 65.1 Å². The Morgan fingerprint density at radius 1 is 1.16 bits per heavy atom. The molecule has 0 bridgehead atoms. The lowest BCUT2D eigenvalue weighted by molar-refractivity contribution is -0.134. The first kappa shape index (κ1) is 26.7. The number of rotatable bonds is 4. The molecule has 2 aliphatic rings.